The number of nitriles is 1. The summed E-state index contributed by atoms with van der Waals surface area (Å²) in [6.45, 7) is 7.73. The Labute approximate surface area is 117 Å². The molecule has 0 saturated heterocycles. The van der Waals surface area contributed by atoms with E-state index in [1.165, 1.54) is 19.3 Å². The highest BCUT2D eigenvalue weighted by molar-refractivity contribution is 5.92. The lowest BCUT2D eigenvalue weighted by molar-refractivity contribution is -0.144. The Bertz CT molecular complexity index is 304. The molecule has 0 amide bonds. The maximum absolute atomic E-state index is 11.6. The first-order chi connectivity index (χ1) is 9.15. The summed E-state index contributed by atoms with van der Waals surface area (Å²) in [5, 5.41) is 8.63. The molecule has 0 aliphatic carbocycles. The Morgan fingerprint density at radius 2 is 1.63 bits per heavy atom. The summed E-state index contributed by atoms with van der Waals surface area (Å²) in [6.07, 6.45) is 9.80. The van der Waals surface area contributed by atoms with Crippen molar-refractivity contribution in [3.05, 3.63) is 12.2 Å². The van der Waals surface area contributed by atoms with Gasteiger partial charge in [-0.05, 0) is 25.7 Å². The molecule has 0 rings (SSSR count). The summed E-state index contributed by atoms with van der Waals surface area (Å²) in [4.78, 5) is 11.6. The number of rotatable bonds is 11. The van der Waals surface area contributed by atoms with E-state index in [9.17, 15) is 4.79 Å². The van der Waals surface area contributed by atoms with Crippen LogP contribution in [0.4, 0.5) is 0 Å². The molecule has 108 valence electrons. The molecule has 0 aromatic rings. The summed E-state index contributed by atoms with van der Waals surface area (Å²) in [7, 11) is 0. The highest BCUT2D eigenvalue weighted by atomic mass is 16.5. The highest BCUT2D eigenvalue weighted by Crippen LogP contribution is 2.16. The Morgan fingerprint density at radius 1 is 1.11 bits per heavy atom. The van der Waals surface area contributed by atoms with Crippen LogP contribution in [0.15, 0.2) is 12.2 Å². The van der Waals surface area contributed by atoms with E-state index in [2.05, 4.69) is 20.4 Å². The number of esters is 1. The number of nitrogens with zero attached hydrogens (tertiary/aromatic N) is 1. The van der Waals surface area contributed by atoms with Crippen molar-refractivity contribution in [1.29, 1.82) is 5.26 Å². The summed E-state index contributed by atoms with van der Waals surface area (Å²) in [5.74, 6) is -0.556. The minimum absolute atomic E-state index is 0.0546. The molecule has 3 nitrogen and oxygen atoms in total. The predicted molar refractivity (Wildman–Crippen MR) is 77.5 cm³/mol. The first-order valence-corrected chi connectivity index (χ1v) is 7.45. The monoisotopic (exact) mass is 265 g/mol. The van der Waals surface area contributed by atoms with Gasteiger partial charge in [0.25, 0.3) is 0 Å². The molecule has 0 heterocycles. The van der Waals surface area contributed by atoms with Gasteiger partial charge >= 0.3 is 5.97 Å². The minimum atomic E-state index is -0.556. The van der Waals surface area contributed by atoms with Crippen molar-refractivity contribution in [2.24, 2.45) is 0 Å². The normalized spacial score (nSPS) is 11.6. The first kappa shape index (κ1) is 17.7. The largest absolute Gasteiger partial charge is 0.458 e. The minimum Gasteiger partial charge on any atom is -0.458 e. The van der Waals surface area contributed by atoms with Crippen molar-refractivity contribution in [2.45, 2.75) is 77.7 Å². The number of carbonyl (C=O) groups excluding carboxylic acids is 1. The molecule has 1 atom stereocenters. The third-order valence-electron chi connectivity index (χ3n) is 3.16. The molecular weight excluding hydrogens is 238 g/mol. The molecule has 0 spiro atoms. The first-order valence-electron chi connectivity index (χ1n) is 7.45. The van der Waals surface area contributed by atoms with Gasteiger partial charge in [-0.2, -0.15) is 5.26 Å². The Hall–Kier alpha value is -1.30. The van der Waals surface area contributed by atoms with Crippen LogP contribution in [0.2, 0.25) is 0 Å². The lowest BCUT2D eigenvalue weighted by atomic mass is 10.0. The summed E-state index contributed by atoms with van der Waals surface area (Å²) >= 11 is 0. The quantitative estimate of drug-likeness (QED) is 0.239. The number of hydrogen-bond acceptors (Lipinski definition) is 3. The number of ether oxygens (including phenoxy) is 1. The van der Waals surface area contributed by atoms with Crippen molar-refractivity contribution in [3.63, 3.8) is 0 Å². The summed E-state index contributed by atoms with van der Waals surface area (Å²) < 4.78 is 5.37. The lowest BCUT2D eigenvalue weighted by Gasteiger charge is -2.17. The summed E-state index contributed by atoms with van der Waals surface area (Å²) in [6, 6.07) is 1.74. The molecule has 0 bridgehead atoms. The lowest BCUT2D eigenvalue weighted by Crippen LogP contribution is -2.19. The van der Waals surface area contributed by atoms with Gasteiger partial charge in [-0.25, -0.2) is 4.79 Å². The maximum Gasteiger partial charge on any atom is 0.348 e. The molecule has 0 radical (unpaired) electrons. The molecular formula is C16H27NO2. The number of unbranched alkanes of at least 4 members (excludes halogenated alkanes) is 5. The molecule has 1 unspecified atom stereocenters. The van der Waals surface area contributed by atoms with Crippen molar-refractivity contribution in [2.75, 3.05) is 0 Å². The van der Waals surface area contributed by atoms with Gasteiger partial charge in [0.2, 0.25) is 0 Å². The molecule has 0 saturated carbocycles. The zero-order chi connectivity index (χ0) is 14.5. The fourth-order valence-corrected chi connectivity index (χ4v) is 1.95. The van der Waals surface area contributed by atoms with E-state index < -0.39 is 5.97 Å². The third kappa shape index (κ3) is 9.30. The molecule has 0 N–H and O–H groups in total. The predicted octanol–water partition coefficient (Wildman–Crippen LogP) is 4.53. The highest BCUT2D eigenvalue weighted by Gasteiger charge is 2.16. The van der Waals surface area contributed by atoms with Gasteiger partial charge in [-0.3, -0.25) is 0 Å². The van der Waals surface area contributed by atoms with Crippen LogP contribution in [-0.4, -0.2) is 12.1 Å². The van der Waals surface area contributed by atoms with Crippen LogP contribution in [0.1, 0.15) is 71.6 Å². The van der Waals surface area contributed by atoms with Gasteiger partial charge in [-0.15, -0.1) is 0 Å². The Morgan fingerprint density at radius 3 is 2.16 bits per heavy atom. The zero-order valence-corrected chi connectivity index (χ0v) is 12.4. The molecule has 0 aliphatic heterocycles. The van der Waals surface area contributed by atoms with Crippen molar-refractivity contribution in [3.8, 4) is 6.07 Å². The summed E-state index contributed by atoms with van der Waals surface area (Å²) in [5.41, 5.74) is -0.103. The molecule has 0 aliphatic rings. The number of carbonyl (C=O) groups is 1. The van der Waals surface area contributed by atoms with Crippen LogP contribution in [0.5, 0.6) is 0 Å². The van der Waals surface area contributed by atoms with Gasteiger partial charge in [-0.1, -0.05) is 52.5 Å². The van der Waals surface area contributed by atoms with Crippen molar-refractivity contribution >= 4 is 5.97 Å². The van der Waals surface area contributed by atoms with Gasteiger partial charge in [0.1, 0.15) is 17.7 Å². The van der Waals surface area contributed by atoms with E-state index in [0.29, 0.717) is 0 Å². The van der Waals surface area contributed by atoms with Crippen LogP contribution < -0.4 is 0 Å². The fourth-order valence-electron chi connectivity index (χ4n) is 1.95. The zero-order valence-electron chi connectivity index (χ0n) is 12.4. The van der Waals surface area contributed by atoms with Crippen LogP contribution in [0.25, 0.3) is 0 Å². The maximum atomic E-state index is 11.6. The molecule has 3 heteroatoms. The fraction of sp³-hybridized carbons (Fsp3) is 0.750. The molecule has 0 aromatic heterocycles. The average molecular weight is 265 g/mol. The van der Waals surface area contributed by atoms with E-state index in [1.807, 2.05) is 0 Å². The second-order valence-corrected chi connectivity index (χ2v) is 4.96. The van der Waals surface area contributed by atoms with Gasteiger partial charge < -0.3 is 4.74 Å². The topological polar surface area (TPSA) is 50.1 Å². The standard InChI is InChI=1S/C16H27NO2/c1-4-6-8-10-12-15(11-9-7-5-2)19-16(18)14(3)13-17/h15H,3-12H2,1-2H3. The molecule has 0 fully saturated rings. The second-order valence-electron chi connectivity index (χ2n) is 4.96. The van der Waals surface area contributed by atoms with E-state index in [0.717, 1.165) is 38.5 Å². The van der Waals surface area contributed by atoms with Crippen LogP contribution in [0.3, 0.4) is 0 Å². The van der Waals surface area contributed by atoms with Gasteiger partial charge in [0.15, 0.2) is 0 Å². The van der Waals surface area contributed by atoms with Crippen LogP contribution in [0, 0.1) is 11.3 Å². The van der Waals surface area contributed by atoms with E-state index in [1.54, 1.807) is 6.07 Å². The smallest absolute Gasteiger partial charge is 0.348 e. The number of hydrogen-bond donors (Lipinski definition) is 0. The van der Waals surface area contributed by atoms with E-state index in [4.69, 9.17) is 10.00 Å². The van der Waals surface area contributed by atoms with Crippen LogP contribution >= 0.6 is 0 Å². The average Bonchev–Trinajstić information content (AvgIpc) is 2.42. The molecule has 19 heavy (non-hydrogen) atoms. The van der Waals surface area contributed by atoms with Crippen molar-refractivity contribution in [1.82, 2.24) is 0 Å². The van der Waals surface area contributed by atoms with Gasteiger partial charge in [0.05, 0.1) is 0 Å². The van der Waals surface area contributed by atoms with E-state index >= 15 is 0 Å². The molecule has 0 aromatic carbocycles. The Balaban J connectivity index is 4.13. The van der Waals surface area contributed by atoms with Crippen LogP contribution in [-0.2, 0) is 9.53 Å². The Kier molecular flexibility index (Phi) is 11.0. The SMILES string of the molecule is C=C(C#N)C(=O)OC(CCCCC)CCCCCC. The van der Waals surface area contributed by atoms with E-state index in [-0.39, 0.29) is 11.7 Å². The third-order valence-corrected chi connectivity index (χ3v) is 3.16. The second kappa shape index (κ2) is 11.8. The van der Waals surface area contributed by atoms with Gasteiger partial charge in [0, 0.05) is 0 Å². The van der Waals surface area contributed by atoms with Crippen molar-refractivity contribution < 1.29 is 9.53 Å².